The number of aromatic nitrogens is 1. The van der Waals surface area contributed by atoms with Crippen LogP contribution in [0.3, 0.4) is 0 Å². The second-order valence-electron chi connectivity index (χ2n) is 8.28. The number of rotatable bonds is 4. The molecule has 1 saturated heterocycles. The Hall–Kier alpha value is -2.08. The molecular weight excluding hydrogens is 372 g/mol. The first kappa shape index (κ1) is 19.2. The van der Waals surface area contributed by atoms with Crippen LogP contribution in [0.15, 0.2) is 30.3 Å². The Morgan fingerprint density at radius 2 is 1.93 bits per heavy atom. The van der Waals surface area contributed by atoms with E-state index in [2.05, 4.69) is 34.6 Å². The zero-order valence-corrected chi connectivity index (χ0v) is 17.6. The quantitative estimate of drug-likeness (QED) is 0.737. The number of hydrogen-bond donors (Lipinski definition) is 0. The van der Waals surface area contributed by atoms with Crippen LogP contribution in [0.2, 0.25) is 0 Å². The molecule has 2 aromatic rings. The Kier molecular flexibility index (Phi) is 4.86. The Balaban J connectivity index is 1.61. The van der Waals surface area contributed by atoms with Gasteiger partial charge >= 0.3 is 0 Å². The number of carbonyl (C=O) groups is 1. The highest BCUT2D eigenvalue weighted by molar-refractivity contribution is 7.91. The molecule has 150 valence electrons. The Morgan fingerprint density at radius 3 is 2.64 bits per heavy atom. The van der Waals surface area contributed by atoms with Gasteiger partial charge in [0.15, 0.2) is 15.6 Å². The number of anilines is 1. The summed E-state index contributed by atoms with van der Waals surface area (Å²) in [5.74, 6) is 0.511. The van der Waals surface area contributed by atoms with Crippen molar-refractivity contribution in [3.63, 3.8) is 0 Å². The number of aryl methyl sites for hydroxylation is 2. The van der Waals surface area contributed by atoms with Gasteiger partial charge in [0.2, 0.25) is 0 Å². The summed E-state index contributed by atoms with van der Waals surface area (Å²) in [6, 6.07) is 10.5. The zero-order valence-electron chi connectivity index (χ0n) is 16.8. The Morgan fingerprint density at radius 1 is 1.18 bits per heavy atom. The van der Waals surface area contributed by atoms with Gasteiger partial charge in [-0.05, 0) is 57.7 Å². The average molecular weight is 401 g/mol. The highest BCUT2D eigenvalue weighted by atomic mass is 32.2. The van der Waals surface area contributed by atoms with Crippen molar-refractivity contribution >= 4 is 21.3 Å². The number of hydrogen-bond acceptors (Lipinski definition) is 4. The maximum atomic E-state index is 13.2. The van der Waals surface area contributed by atoms with Crippen LogP contribution >= 0.6 is 0 Å². The second-order valence-corrected chi connectivity index (χ2v) is 10.5. The number of Topliss-reactive ketones (excluding diaryl/α,β-unsaturated/α-hetero) is 1. The molecule has 0 spiro atoms. The van der Waals surface area contributed by atoms with Gasteiger partial charge in [0, 0.05) is 34.7 Å². The number of carbonyl (C=O) groups excluding carboxylic acids is 1. The minimum absolute atomic E-state index is 0.0545. The smallest absolute Gasteiger partial charge is 0.183 e. The van der Waals surface area contributed by atoms with Gasteiger partial charge in [-0.25, -0.2) is 8.42 Å². The molecule has 6 heteroatoms. The first-order valence-electron chi connectivity index (χ1n) is 10.0. The Bertz CT molecular complexity index is 1020. The molecule has 0 aliphatic carbocycles. The number of benzene rings is 1. The van der Waals surface area contributed by atoms with Crippen LogP contribution in [0.5, 0.6) is 0 Å². The fourth-order valence-corrected chi connectivity index (χ4v) is 6.54. The van der Waals surface area contributed by atoms with Gasteiger partial charge in [-0.1, -0.05) is 18.2 Å². The minimum atomic E-state index is -2.97. The predicted molar refractivity (Wildman–Crippen MR) is 112 cm³/mol. The third-order valence-electron chi connectivity index (χ3n) is 6.34. The van der Waals surface area contributed by atoms with Crippen molar-refractivity contribution in [1.29, 1.82) is 0 Å². The zero-order chi connectivity index (χ0) is 20.1. The monoisotopic (exact) mass is 400 g/mol. The lowest BCUT2D eigenvalue weighted by atomic mass is 9.96. The van der Waals surface area contributed by atoms with E-state index in [0.717, 1.165) is 35.5 Å². The van der Waals surface area contributed by atoms with Crippen LogP contribution in [0.25, 0.3) is 0 Å². The normalized spacial score (nSPS) is 23.6. The van der Waals surface area contributed by atoms with E-state index in [1.165, 1.54) is 5.56 Å². The van der Waals surface area contributed by atoms with E-state index in [-0.39, 0.29) is 23.3 Å². The number of sulfone groups is 1. The van der Waals surface area contributed by atoms with E-state index in [9.17, 15) is 13.2 Å². The van der Waals surface area contributed by atoms with Gasteiger partial charge in [-0.15, -0.1) is 0 Å². The number of fused-ring (bicyclic) bond motifs is 1. The summed E-state index contributed by atoms with van der Waals surface area (Å²) in [5, 5.41) is 0. The maximum absolute atomic E-state index is 13.2. The Labute approximate surface area is 167 Å². The standard InChI is InChI=1S/C22H28N2O3S/c1-15-8-9-18-6-4-5-7-21(18)23(15)13-22(25)20-12-16(2)24(17(20)3)19-10-11-28(26,27)14-19/h4-7,12,15,19H,8-11,13-14H2,1-3H3. The molecule has 4 rings (SSSR count). The molecule has 0 radical (unpaired) electrons. The molecule has 1 fully saturated rings. The molecule has 2 aliphatic rings. The summed E-state index contributed by atoms with van der Waals surface area (Å²) in [6.45, 7) is 6.44. The lowest BCUT2D eigenvalue weighted by Gasteiger charge is -2.36. The summed E-state index contributed by atoms with van der Waals surface area (Å²) in [6.07, 6.45) is 2.72. The fourth-order valence-electron chi connectivity index (χ4n) is 4.84. The molecule has 5 nitrogen and oxygen atoms in total. The SMILES string of the molecule is Cc1cc(C(=O)CN2c3ccccc3CCC2C)c(C)n1C1CCS(=O)(=O)C1. The van der Waals surface area contributed by atoms with Crippen molar-refractivity contribution in [2.24, 2.45) is 0 Å². The van der Waals surface area contributed by atoms with Crippen LogP contribution in [0.1, 0.15) is 53.1 Å². The third kappa shape index (κ3) is 3.39. The van der Waals surface area contributed by atoms with E-state index in [1.807, 2.05) is 26.0 Å². The highest BCUT2D eigenvalue weighted by Gasteiger charge is 2.32. The maximum Gasteiger partial charge on any atom is 0.183 e. The summed E-state index contributed by atoms with van der Waals surface area (Å²) >= 11 is 0. The van der Waals surface area contributed by atoms with Crippen molar-refractivity contribution in [3.8, 4) is 0 Å². The summed E-state index contributed by atoms with van der Waals surface area (Å²) < 4.78 is 25.9. The van der Waals surface area contributed by atoms with E-state index < -0.39 is 9.84 Å². The van der Waals surface area contributed by atoms with Gasteiger partial charge < -0.3 is 9.47 Å². The number of para-hydroxylation sites is 1. The average Bonchev–Trinajstić information content (AvgIpc) is 3.15. The lowest BCUT2D eigenvalue weighted by molar-refractivity contribution is 0.0995. The van der Waals surface area contributed by atoms with E-state index >= 15 is 0 Å². The van der Waals surface area contributed by atoms with Gasteiger partial charge in [-0.2, -0.15) is 0 Å². The molecular formula is C22H28N2O3S. The summed E-state index contributed by atoms with van der Waals surface area (Å²) in [4.78, 5) is 15.4. The molecule has 2 unspecified atom stereocenters. The van der Waals surface area contributed by atoms with Crippen molar-refractivity contribution in [2.45, 2.75) is 52.1 Å². The molecule has 28 heavy (non-hydrogen) atoms. The molecule has 0 N–H and O–H groups in total. The van der Waals surface area contributed by atoms with Crippen molar-refractivity contribution in [2.75, 3.05) is 23.0 Å². The van der Waals surface area contributed by atoms with Gasteiger partial charge in [0.1, 0.15) is 0 Å². The van der Waals surface area contributed by atoms with Crippen molar-refractivity contribution < 1.29 is 13.2 Å². The summed E-state index contributed by atoms with van der Waals surface area (Å²) in [5.41, 5.74) is 5.04. The first-order chi connectivity index (χ1) is 13.3. The first-order valence-corrected chi connectivity index (χ1v) is 11.9. The predicted octanol–water partition coefficient (Wildman–Crippen LogP) is 3.49. The number of nitrogens with zero attached hydrogens (tertiary/aromatic N) is 2. The van der Waals surface area contributed by atoms with Gasteiger partial charge in [-0.3, -0.25) is 4.79 Å². The van der Waals surface area contributed by atoms with Crippen LogP contribution in [-0.4, -0.2) is 42.9 Å². The van der Waals surface area contributed by atoms with E-state index in [4.69, 9.17) is 0 Å². The lowest BCUT2D eigenvalue weighted by Crippen LogP contribution is -2.41. The molecule has 2 atom stereocenters. The van der Waals surface area contributed by atoms with E-state index in [0.29, 0.717) is 19.0 Å². The van der Waals surface area contributed by atoms with Crippen molar-refractivity contribution in [3.05, 3.63) is 52.8 Å². The molecule has 0 saturated carbocycles. The van der Waals surface area contributed by atoms with Crippen molar-refractivity contribution in [1.82, 2.24) is 4.57 Å². The van der Waals surface area contributed by atoms with Gasteiger partial charge in [0.25, 0.3) is 0 Å². The third-order valence-corrected chi connectivity index (χ3v) is 8.09. The topological polar surface area (TPSA) is 59.4 Å². The summed E-state index contributed by atoms with van der Waals surface area (Å²) in [7, 11) is -2.97. The van der Waals surface area contributed by atoms with Crippen LogP contribution in [0, 0.1) is 13.8 Å². The molecule has 1 aromatic carbocycles. The molecule has 2 aliphatic heterocycles. The fraction of sp³-hybridized carbons (Fsp3) is 0.500. The van der Waals surface area contributed by atoms with Crippen LogP contribution in [-0.2, 0) is 16.3 Å². The largest absolute Gasteiger partial charge is 0.361 e. The molecule has 0 bridgehead atoms. The number of ketones is 1. The van der Waals surface area contributed by atoms with E-state index in [1.54, 1.807) is 0 Å². The molecule has 0 amide bonds. The molecule has 1 aromatic heterocycles. The highest BCUT2D eigenvalue weighted by Crippen LogP contribution is 2.32. The minimum Gasteiger partial charge on any atom is -0.361 e. The second kappa shape index (κ2) is 7.07. The molecule has 3 heterocycles. The van der Waals surface area contributed by atoms with Crippen LogP contribution < -0.4 is 4.90 Å². The van der Waals surface area contributed by atoms with Crippen LogP contribution in [0.4, 0.5) is 5.69 Å². The van der Waals surface area contributed by atoms with Gasteiger partial charge in [0.05, 0.1) is 18.1 Å².